The van der Waals surface area contributed by atoms with E-state index in [0.717, 1.165) is 11.2 Å². The zero-order valence-corrected chi connectivity index (χ0v) is 24.6. The van der Waals surface area contributed by atoms with Crippen molar-refractivity contribution < 1.29 is 31.9 Å². The van der Waals surface area contributed by atoms with E-state index < -0.39 is 23.8 Å². The molecule has 0 saturated carbocycles. The summed E-state index contributed by atoms with van der Waals surface area (Å²) < 4.78 is 56.7. The highest BCUT2D eigenvalue weighted by Gasteiger charge is 2.33. The number of fused-ring (bicyclic) bond motifs is 1. The van der Waals surface area contributed by atoms with Crippen LogP contribution in [0.15, 0.2) is 40.6 Å². The number of aromatic nitrogens is 3. The van der Waals surface area contributed by atoms with Crippen LogP contribution in [0.3, 0.4) is 0 Å². The Kier molecular flexibility index (Phi) is 8.60. The van der Waals surface area contributed by atoms with E-state index in [1.54, 1.807) is 13.0 Å². The van der Waals surface area contributed by atoms with Gasteiger partial charge in [-0.05, 0) is 51.0 Å². The first-order valence-electron chi connectivity index (χ1n) is 13.6. The van der Waals surface area contributed by atoms with Gasteiger partial charge in [-0.2, -0.15) is 13.2 Å². The quantitative estimate of drug-likeness (QED) is 0.224. The predicted molar refractivity (Wildman–Crippen MR) is 157 cm³/mol. The topological polar surface area (TPSA) is 129 Å². The number of benzene rings is 1. The number of hydrogen-bond acceptors (Lipinski definition) is 10. The molecule has 0 aliphatic carbocycles. The fourth-order valence-corrected chi connectivity index (χ4v) is 5.76. The average Bonchev–Trinajstić information content (AvgIpc) is 3.65. The molecule has 1 amide bonds. The second-order valence-electron chi connectivity index (χ2n) is 10.0. The number of hydrogen-bond donors (Lipinski definition) is 2. The Morgan fingerprint density at radius 3 is 2.63 bits per heavy atom. The molecule has 0 spiro atoms. The van der Waals surface area contributed by atoms with Crippen molar-refractivity contribution in [2.24, 2.45) is 5.73 Å². The molecule has 4 heterocycles. The average molecular weight is 617 g/mol. The molecule has 43 heavy (non-hydrogen) atoms. The first-order chi connectivity index (χ1) is 20.5. The standard InChI is InChI=1S/C29H31F3N6O4S/c1-5-41-16(3)20-14-43-28(35-20)38-12-10-17(11-13-38)34-26(39)24-25(15(2)33)42-27(37-24)19-6-8-21(40-4)23-18(19)7-9-22(36-23)29(30,31)32/h6-9,14-15,17H,3,5,10-13,33H2,1-2,4H3,(H,34,39)/t15-/m0/s1. The van der Waals surface area contributed by atoms with E-state index in [1.165, 1.54) is 30.6 Å². The molecule has 3 aromatic heterocycles. The summed E-state index contributed by atoms with van der Waals surface area (Å²) >= 11 is 1.52. The third-order valence-electron chi connectivity index (χ3n) is 7.04. The predicted octanol–water partition coefficient (Wildman–Crippen LogP) is 5.80. The van der Waals surface area contributed by atoms with Crippen LogP contribution >= 0.6 is 11.3 Å². The molecule has 3 N–H and O–H groups in total. The Morgan fingerprint density at radius 1 is 1.23 bits per heavy atom. The first kappa shape index (κ1) is 30.3. The van der Waals surface area contributed by atoms with E-state index in [-0.39, 0.29) is 34.7 Å². The van der Waals surface area contributed by atoms with E-state index >= 15 is 0 Å². The lowest BCUT2D eigenvalue weighted by atomic mass is 10.0. The number of ether oxygens (including phenoxy) is 2. The molecule has 228 valence electrons. The summed E-state index contributed by atoms with van der Waals surface area (Å²) in [6, 6.07) is 4.44. The second-order valence-corrected chi connectivity index (χ2v) is 10.9. The maximum absolute atomic E-state index is 13.4. The molecule has 1 aliphatic rings. The molecular weight excluding hydrogens is 585 g/mol. The number of thiazole rings is 1. The largest absolute Gasteiger partial charge is 0.494 e. The molecule has 1 saturated heterocycles. The van der Waals surface area contributed by atoms with Gasteiger partial charge >= 0.3 is 6.18 Å². The smallest absolute Gasteiger partial charge is 0.433 e. The Balaban J connectivity index is 1.34. The number of nitrogens with zero attached hydrogens (tertiary/aromatic N) is 4. The molecule has 4 aromatic rings. The summed E-state index contributed by atoms with van der Waals surface area (Å²) in [5.74, 6) is 0.448. The molecule has 1 aromatic carbocycles. The Labute approximate surface area is 249 Å². The van der Waals surface area contributed by atoms with Gasteiger partial charge in [-0.3, -0.25) is 4.79 Å². The number of alkyl halides is 3. The minimum atomic E-state index is -4.64. The molecular formula is C29H31F3N6O4S. The van der Waals surface area contributed by atoms with Crippen LogP contribution in [0.2, 0.25) is 0 Å². The van der Waals surface area contributed by atoms with Crippen molar-refractivity contribution in [3.05, 3.63) is 59.1 Å². The Bertz CT molecular complexity index is 1640. The molecule has 0 bridgehead atoms. The number of carbonyl (C=O) groups is 1. The number of halogens is 3. The molecule has 1 atom stereocenters. The zero-order valence-electron chi connectivity index (χ0n) is 23.8. The van der Waals surface area contributed by atoms with E-state index in [9.17, 15) is 18.0 Å². The van der Waals surface area contributed by atoms with Gasteiger partial charge in [0.05, 0.1) is 19.8 Å². The van der Waals surface area contributed by atoms with Crippen LogP contribution in [0, 0.1) is 0 Å². The minimum absolute atomic E-state index is 0.0114. The molecule has 0 radical (unpaired) electrons. The lowest BCUT2D eigenvalue weighted by molar-refractivity contribution is -0.140. The van der Waals surface area contributed by atoms with Gasteiger partial charge in [-0.25, -0.2) is 15.0 Å². The molecule has 10 nitrogen and oxygen atoms in total. The van der Waals surface area contributed by atoms with Gasteiger partial charge in [0.25, 0.3) is 5.91 Å². The summed E-state index contributed by atoms with van der Waals surface area (Å²) in [7, 11) is 1.34. The summed E-state index contributed by atoms with van der Waals surface area (Å²) in [6.07, 6.45) is -3.27. The zero-order chi connectivity index (χ0) is 30.9. The van der Waals surface area contributed by atoms with Gasteiger partial charge < -0.3 is 29.8 Å². The van der Waals surface area contributed by atoms with Crippen molar-refractivity contribution in [1.82, 2.24) is 20.3 Å². The van der Waals surface area contributed by atoms with Gasteiger partial charge in [0, 0.05) is 35.5 Å². The molecule has 14 heteroatoms. The normalized spacial score (nSPS) is 15.0. The number of nitrogens with two attached hydrogens (primary N) is 1. The number of pyridine rings is 1. The number of carbonyl (C=O) groups excluding carboxylic acids is 1. The van der Waals surface area contributed by atoms with Crippen molar-refractivity contribution in [2.75, 3.05) is 31.7 Å². The van der Waals surface area contributed by atoms with Crippen LogP contribution in [0.25, 0.3) is 28.1 Å². The third-order valence-corrected chi connectivity index (χ3v) is 7.94. The SMILES string of the molecule is C=C(OCC)c1csc(N2CCC(NC(=O)c3nc(-c4ccc(OC)c5nc(C(F)(F)F)ccc45)oc3[C@H](C)N)CC2)n1. The van der Waals surface area contributed by atoms with Crippen LogP contribution < -0.4 is 20.7 Å². The number of nitrogens with one attached hydrogen (secondary N) is 1. The highest BCUT2D eigenvalue weighted by atomic mass is 32.1. The van der Waals surface area contributed by atoms with Crippen LogP contribution in [-0.4, -0.2) is 53.7 Å². The number of piperidine rings is 1. The Hall–Kier alpha value is -4.17. The van der Waals surface area contributed by atoms with Gasteiger partial charge in [-0.1, -0.05) is 6.58 Å². The molecule has 1 aliphatic heterocycles. The monoisotopic (exact) mass is 616 g/mol. The van der Waals surface area contributed by atoms with E-state index in [4.69, 9.17) is 19.6 Å². The maximum Gasteiger partial charge on any atom is 0.433 e. The first-order valence-corrected chi connectivity index (χ1v) is 14.5. The lowest BCUT2D eigenvalue weighted by Crippen LogP contribution is -2.45. The van der Waals surface area contributed by atoms with E-state index in [0.29, 0.717) is 54.9 Å². The van der Waals surface area contributed by atoms with Gasteiger partial charge in [0.2, 0.25) is 5.89 Å². The van der Waals surface area contributed by atoms with Crippen molar-refractivity contribution in [3.8, 4) is 17.2 Å². The van der Waals surface area contributed by atoms with Crippen molar-refractivity contribution >= 4 is 39.0 Å². The third kappa shape index (κ3) is 6.30. The highest BCUT2D eigenvalue weighted by molar-refractivity contribution is 7.13. The van der Waals surface area contributed by atoms with Crippen LogP contribution in [-0.2, 0) is 10.9 Å². The van der Waals surface area contributed by atoms with Gasteiger partial charge in [0.1, 0.15) is 28.4 Å². The molecule has 5 rings (SSSR count). The number of amides is 1. The van der Waals surface area contributed by atoms with E-state index in [1.807, 2.05) is 12.3 Å². The van der Waals surface area contributed by atoms with Gasteiger partial charge in [0.15, 0.2) is 16.6 Å². The highest BCUT2D eigenvalue weighted by Crippen LogP contribution is 2.37. The minimum Gasteiger partial charge on any atom is -0.494 e. The van der Waals surface area contributed by atoms with Crippen molar-refractivity contribution in [2.45, 2.75) is 44.9 Å². The summed E-state index contributed by atoms with van der Waals surface area (Å²) in [5, 5.41) is 6.13. The number of oxazole rings is 1. The fraction of sp³-hybridized carbons (Fsp3) is 0.379. The Morgan fingerprint density at radius 2 is 1.98 bits per heavy atom. The molecule has 1 fully saturated rings. The summed E-state index contributed by atoms with van der Waals surface area (Å²) in [6.45, 7) is 9.35. The number of rotatable bonds is 9. The van der Waals surface area contributed by atoms with Crippen LogP contribution in [0.5, 0.6) is 5.75 Å². The molecule has 0 unspecified atom stereocenters. The summed E-state index contributed by atoms with van der Waals surface area (Å²) in [5.41, 5.74) is 6.14. The number of methoxy groups -OCH3 is 1. The number of anilines is 1. The second kappa shape index (κ2) is 12.2. The fourth-order valence-electron chi connectivity index (χ4n) is 4.87. The van der Waals surface area contributed by atoms with Crippen molar-refractivity contribution in [1.29, 1.82) is 0 Å². The van der Waals surface area contributed by atoms with Crippen LogP contribution in [0.1, 0.15) is 60.4 Å². The van der Waals surface area contributed by atoms with Crippen LogP contribution in [0.4, 0.5) is 18.3 Å². The van der Waals surface area contributed by atoms with Gasteiger partial charge in [-0.15, -0.1) is 11.3 Å². The van der Waals surface area contributed by atoms with E-state index in [2.05, 4.69) is 31.7 Å². The lowest BCUT2D eigenvalue weighted by Gasteiger charge is -2.32. The summed E-state index contributed by atoms with van der Waals surface area (Å²) in [4.78, 5) is 28.4. The maximum atomic E-state index is 13.4. The van der Waals surface area contributed by atoms with Crippen molar-refractivity contribution in [3.63, 3.8) is 0 Å².